The van der Waals surface area contributed by atoms with Crippen molar-refractivity contribution in [2.45, 2.75) is 117 Å². The number of unbranched alkanes of at least 4 members (excludes halogenated alkanes) is 8. The molecule has 0 aromatic rings. The first-order valence-corrected chi connectivity index (χ1v) is 12.5. The van der Waals surface area contributed by atoms with Crippen molar-refractivity contribution < 1.29 is 9.90 Å². The van der Waals surface area contributed by atoms with E-state index in [0.717, 1.165) is 71.1 Å². The van der Waals surface area contributed by atoms with E-state index in [1.54, 1.807) is 0 Å². The van der Waals surface area contributed by atoms with Crippen LogP contribution in [0.1, 0.15) is 111 Å². The lowest BCUT2D eigenvalue weighted by molar-refractivity contribution is -0.121. The zero-order chi connectivity index (χ0) is 21.6. The van der Waals surface area contributed by atoms with E-state index in [0.29, 0.717) is 6.42 Å². The summed E-state index contributed by atoms with van der Waals surface area (Å²) in [6.45, 7) is 10.6. The van der Waals surface area contributed by atoms with Gasteiger partial charge in [0.05, 0.1) is 6.10 Å². The molecule has 0 radical (unpaired) electrons. The molecule has 1 amide bonds. The number of amides is 1. The number of aliphatic hydroxyl groups excluding tert-OH is 1. The molecule has 0 aliphatic rings. The van der Waals surface area contributed by atoms with E-state index in [1.807, 2.05) is 0 Å². The summed E-state index contributed by atoms with van der Waals surface area (Å²) in [5.41, 5.74) is 0. The maximum absolute atomic E-state index is 11.8. The molecule has 0 rings (SSSR count). The topological polar surface area (TPSA) is 52.6 Å². The molecule has 2 N–H and O–H groups in total. The average Bonchev–Trinajstić information content (AvgIpc) is 2.72. The predicted octanol–water partition coefficient (Wildman–Crippen LogP) is 5.84. The fraction of sp³-hybridized carbons (Fsp3) is 0.880. The van der Waals surface area contributed by atoms with Crippen molar-refractivity contribution >= 4 is 5.91 Å². The summed E-state index contributed by atoms with van der Waals surface area (Å²) in [5.74, 6) is 0.209. The van der Waals surface area contributed by atoms with Crippen molar-refractivity contribution in [2.75, 3.05) is 26.2 Å². The molecule has 0 saturated carbocycles. The van der Waals surface area contributed by atoms with E-state index in [4.69, 9.17) is 0 Å². The Morgan fingerprint density at radius 3 is 2.31 bits per heavy atom. The number of allylic oxidation sites excluding steroid dienone is 1. The molecule has 172 valence electrons. The van der Waals surface area contributed by atoms with Gasteiger partial charge in [0.2, 0.25) is 5.91 Å². The van der Waals surface area contributed by atoms with E-state index < -0.39 is 0 Å². The molecule has 4 nitrogen and oxygen atoms in total. The summed E-state index contributed by atoms with van der Waals surface area (Å²) >= 11 is 0. The zero-order valence-electron chi connectivity index (χ0n) is 19.8. The standard InChI is InChI=1S/C25H50N2O2/c1-4-7-8-15-19-24(28)20-16-13-11-9-10-12-14-17-21-25(29)26-22-18-23-27(5-2)6-3/h13,16,24,28H,4-12,14-15,17-23H2,1-3H3,(H,26,29)/b16-13-/t24-/m1/s1. The van der Waals surface area contributed by atoms with Crippen LogP contribution in [0, 0.1) is 0 Å². The highest BCUT2D eigenvalue weighted by molar-refractivity contribution is 5.75. The Kier molecular flexibility index (Phi) is 21.2. The van der Waals surface area contributed by atoms with E-state index in [-0.39, 0.29) is 12.0 Å². The van der Waals surface area contributed by atoms with Crippen molar-refractivity contribution in [3.05, 3.63) is 12.2 Å². The van der Waals surface area contributed by atoms with Gasteiger partial charge in [-0.15, -0.1) is 0 Å². The minimum atomic E-state index is -0.161. The molecule has 0 aromatic heterocycles. The number of hydrogen-bond donors (Lipinski definition) is 2. The normalized spacial score (nSPS) is 12.7. The van der Waals surface area contributed by atoms with Crippen molar-refractivity contribution in [1.82, 2.24) is 10.2 Å². The molecule has 0 aromatic carbocycles. The predicted molar refractivity (Wildman–Crippen MR) is 126 cm³/mol. The summed E-state index contributed by atoms with van der Waals surface area (Å²) < 4.78 is 0. The molecule has 0 bridgehead atoms. The third-order valence-corrected chi connectivity index (χ3v) is 5.61. The number of rotatable bonds is 21. The van der Waals surface area contributed by atoms with Gasteiger partial charge in [-0.3, -0.25) is 4.79 Å². The lowest BCUT2D eigenvalue weighted by Gasteiger charge is -2.17. The number of carbonyl (C=O) groups excluding carboxylic acids is 1. The molecule has 0 spiro atoms. The number of nitrogens with one attached hydrogen (secondary N) is 1. The van der Waals surface area contributed by atoms with Crippen molar-refractivity contribution in [2.24, 2.45) is 0 Å². The molecule has 0 aliphatic heterocycles. The van der Waals surface area contributed by atoms with Crippen LogP contribution >= 0.6 is 0 Å². The molecule has 0 unspecified atom stereocenters. The van der Waals surface area contributed by atoms with Crippen molar-refractivity contribution in [1.29, 1.82) is 0 Å². The van der Waals surface area contributed by atoms with Gasteiger partial charge in [0.25, 0.3) is 0 Å². The first-order valence-electron chi connectivity index (χ1n) is 12.5. The second-order valence-electron chi connectivity index (χ2n) is 8.25. The minimum absolute atomic E-state index is 0.161. The second kappa shape index (κ2) is 21.8. The Morgan fingerprint density at radius 1 is 0.897 bits per heavy atom. The fourth-order valence-corrected chi connectivity index (χ4v) is 3.53. The Morgan fingerprint density at radius 2 is 1.59 bits per heavy atom. The molecule has 0 saturated heterocycles. The number of carbonyl (C=O) groups is 1. The molecule has 0 heterocycles. The summed E-state index contributed by atoms with van der Waals surface area (Å²) in [5, 5.41) is 13.0. The van der Waals surface area contributed by atoms with Crippen LogP contribution in [0.5, 0.6) is 0 Å². The van der Waals surface area contributed by atoms with Crippen molar-refractivity contribution in [3.8, 4) is 0 Å². The monoisotopic (exact) mass is 410 g/mol. The van der Waals surface area contributed by atoms with Crippen LogP contribution < -0.4 is 5.32 Å². The van der Waals surface area contributed by atoms with Crippen molar-refractivity contribution in [3.63, 3.8) is 0 Å². The number of nitrogens with zero attached hydrogens (tertiary/aromatic N) is 1. The highest BCUT2D eigenvalue weighted by atomic mass is 16.3. The van der Waals surface area contributed by atoms with Gasteiger partial charge < -0.3 is 15.3 Å². The van der Waals surface area contributed by atoms with Gasteiger partial charge in [-0.25, -0.2) is 0 Å². The average molecular weight is 411 g/mol. The molecule has 29 heavy (non-hydrogen) atoms. The maximum Gasteiger partial charge on any atom is 0.219 e. The van der Waals surface area contributed by atoms with Gasteiger partial charge in [0, 0.05) is 13.0 Å². The maximum atomic E-state index is 11.8. The van der Waals surface area contributed by atoms with E-state index in [2.05, 4.69) is 43.1 Å². The first-order chi connectivity index (χ1) is 14.1. The van der Waals surface area contributed by atoms with Gasteiger partial charge in [0.1, 0.15) is 0 Å². The van der Waals surface area contributed by atoms with Gasteiger partial charge in [0.15, 0.2) is 0 Å². The quantitative estimate of drug-likeness (QED) is 0.184. The fourth-order valence-electron chi connectivity index (χ4n) is 3.53. The van der Waals surface area contributed by atoms with Crippen LogP contribution in [0.2, 0.25) is 0 Å². The van der Waals surface area contributed by atoms with Crippen LogP contribution in [-0.2, 0) is 4.79 Å². The van der Waals surface area contributed by atoms with Gasteiger partial charge in [-0.2, -0.15) is 0 Å². The summed E-state index contributed by atoms with van der Waals surface area (Å²) in [7, 11) is 0. The van der Waals surface area contributed by atoms with Crippen LogP contribution in [-0.4, -0.2) is 48.2 Å². The number of hydrogen-bond acceptors (Lipinski definition) is 3. The Balaban J connectivity index is 3.38. The highest BCUT2D eigenvalue weighted by Gasteiger charge is 2.03. The third-order valence-electron chi connectivity index (χ3n) is 5.61. The summed E-state index contributed by atoms with van der Waals surface area (Å²) in [4.78, 5) is 14.2. The Bertz CT molecular complexity index is 381. The molecule has 4 heteroatoms. The Labute approximate surface area is 181 Å². The van der Waals surface area contributed by atoms with Gasteiger partial charge in [-0.05, 0) is 58.2 Å². The van der Waals surface area contributed by atoms with E-state index >= 15 is 0 Å². The molecule has 0 aliphatic carbocycles. The highest BCUT2D eigenvalue weighted by Crippen LogP contribution is 2.10. The van der Waals surface area contributed by atoms with E-state index in [9.17, 15) is 9.90 Å². The van der Waals surface area contributed by atoms with Crippen LogP contribution in [0.15, 0.2) is 12.2 Å². The molecular weight excluding hydrogens is 360 g/mol. The summed E-state index contributed by atoms with van der Waals surface area (Å²) in [6, 6.07) is 0. The lowest BCUT2D eigenvalue weighted by atomic mass is 10.1. The largest absolute Gasteiger partial charge is 0.393 e. The summed E-state index contributed by atoms with van der Waals surface area (Å²) in [6.07, 6.45) is 19.5. The van der Waals surface area contributed by atoms with Gasteiger partial charge >= 0.3 is 0 Å². The number of aliphatic hydroxyl groups is 1. The van der Waals surface area contributed by atoms with Crippen LogP contribution in [0.25, 0.3) is 0 Å². The minimum Gasteiger partial charge on any atom is -0.393 e. The molecule has 0 fully saturated rings. The zero-order valence-corrected chi connectivity index (χ0v) is 19.8. The van der Waals surface area contributed by atoms with Crippen LogP contribution in [0.4, 0.5) is 0 Å². The second-order valence-corrected chi connectivity index (χ2v) is 8.25. The van der Waals surface area contributed by atoms with Crippen LogP contribution in [0.3, 0.4) is 0 Å². The smallest absolute Gasteiger partial charge is 0.219 e. The SMILES string of the molecule is CCCCCC[C@@H](O)C/C=C\CCCCCCCC(=O)NCCCN(CC)CC. The van der Waals surface area contributed by atoms with Gasteiger partial charge in [-0.1, -0.05) is 77.9 Å². The van der Waals surface area contributed by atoms with E-state index in [1.165, 1.54) is 38.5 Å². The first kappa shape index (κ1) is 28.1. The molecular formula is C25H50N2O2. The Hall–Kier alpha value is -0.870. The lowest BCUT2D eigenvalue weighted by Crippen LogP contribution is -2.29. The third kappa shape index (κ3) is 20.2. The molecule has 1 atom stereocenters.